The molecule has 1 heterocycles. The normalized spacial score (nSPS) is 27.7. The topological polar surface area (TPSA) is 51.2 Å². The van der Waals surface area contributed by atoms with Crippen molar-refractivity contribution in [2.24, 2.45) is 5.41 Å². The number of hydrogen-bond donors (Lipinski definition) is 1. The van der Waals surface area contributed by atoms with Crippen molar-refractivity contribution < 1.29 is 9.53 Å². The van der Waals surface area contributed by atoms with Gasteiger partial charge in [0.1, 0.15) is 0 Å². The van der Waals surface area contributed by atoms with Crippen molar-refractivity contribution in [2.75, 3.05) is 12.9 Å². The van der Waals surface area contributed by atoms with E-state index in [2.05, 4.69) is 31.1 Å². The van der Waals surface area contributed by atoms with Crippen LogP contribution in [0.4, 0.5) is 0 Å². The number of pyridine rings is 1. The van der Waals surface area contributed by atoms with Crippen LogP contribution in [0.1, 0.15) is 27.2 Å². The third kappa shape index (κ3) is 2.83. The highest BCUT2D eigenvalue weighted by atomic mass is 32.2. The fourth-order valence-electron chi connectivity index (χ4n) is 2.54. The van der Waals surface area contributed by atoms with E-state index in [1.807, 2.05) is 12.1 Å². The Morgan fingerprint density at radius 1 is 1.45 bits per heavy atom. The van der Waals surface area contributed by atoms with Crippen molar-refractivity contribution in [3.63, 3.8) is 0 Å². The van der Waals surface area contributed by atoms with E-state index in [0.29, 0.717) is 5.75 Å². The molecule has 0 bridgehead atoms. The predicted octanol–water partition coefficient (Wildman–Crippen LogP) is 2.49. The van der Waals surface area contributed by atoms with Crippen LogP contribution in [0.5, 0.6) is 0 Å². The van der Waals surface area contributed by atoms with Crippen LogP contribution in [0, 0.1) is 5.41 Å². The van der Waals surface area contributed by atoms with Gasteiger partial charge in [-0.1, -0.05) is 13.8 Å². The van der Waals surface area contributed by atoms with Crippen molar-refractivity contribution in [3.8, 4) is 0 Å². The summed E-state index contributed by atoms with van der Waals surface area (Å²) in [6.45, 7) is 6.38. The molecular weight excluding hydrogens is 272 g/mol. The number of carbonyl (C=O) groups is 1. The maximum atomic E-state index is 12.0. The lowest BCUT2D eigenvalue weighted by Crippen LogP contribution is -2.68. The molecule has 4 nitrogen and oxygen atoms in total. The number of thioether (sulfide) groups is 1. The first-order valence-electron chi connectivity index (χ1n) is 6.76. The van der Waals surface area contributed by atoms with Gasteiger partial charge in [0, 0.05) is 35.9 Å². The lowest BCUT2D eigenvalue weighted by molar-refractivity contribution is -0.182. The molecule has 2 rings (SSSR count). The van der Waals surface area contributed by atoms with Crippen LogP contribution in [0.25, 0.3) is 0 Å². The number of carbonyl (C=O) groups excluding carboxylic acids is 1. The van der Waals surface area contributed by atoms with Gasteiger partial charge in [-0.2, -0.15) is 0 Å². The number of rotatable bonds is 5. The number of aromatic nitrogens is 1. The van der Waals surface area contributed by atoms with Crippen molar-refractivity contribution in [3.05, 3.63) is 24.5 Å². The Balaban J connectivity index is 1.82. The zero-order valence-corrected chi connectivity index (χ0v) is 13.3. The average molecular weight is 294 g/mol. The summed E-state index contributed by atoms with van der Waals surface area (Å²) in [7, 11) is 1.74. The Labute approximate surface area is 124 Å². The molecule has 1 aliphatic carbocycles. The van der Waals surface area contributed by atoms with Crippen LogP contribution >= 0.6 is 11.8 Å². The smallest absolute Gasteiger partial charge is 0.230 e. The van der Waals surface area contributed by atoms with E-state index in [4.69, 9.17) is 4.74 Å². The van der Waals surface area contributed by atoms with Crippen molar-refractivity contribution >= 4 is 17.7 Å². The molecule has 0 spiro atoms. The summed E-state index contributed by atoms with van der Waals surface area (Å²) in [4.78, 5) is 17.0. The highest BCUT2D eigenvalue weighted by molar-refractivity contribution is 8.00. The maximum Gasteiger partial charge on any atom is 0.230 e. The Kier molecular flexibility index (Phi) is 4.39. The molecule has 0 aliphatic heterocycles. The monoisotopic (exact) mass is 294 g/mol. The van der Waals surface area contributed by atoms with Gasteiger partial charge in [0.15, 0.2) is 0 Å². The Morgan fingerprint density at radius 3 is 2.65 bits per heavy atom. The Bertz CT molecular complexity index is 478. The molecule has 1 amide bonds. The molecular formula is C15H22N2O2S. The fourth-order valence-corrected chi connectivity index (χ4v) is 3.24. The molecule has 1 fully saturated rings. The van der Waals surface area contributed by atoms with E-state index in [1.54, 1.807) is 19.5 Å². The van der Waals surface area contributed by atoms with Gasteiger partial charge in [-0.05, 0) is 25.5 Å². The van der Waals surface area contributed by atoms with Gasteiger partial charge < -0.3 is 10.1 Å². The van der Waals surface area contributed by atoms with Gasteiger partial charge in [-0.25, -0.2) is 0 Å². The highest BCUT2D eigenvalue weighted by Gasteiger charge is 2.58. The second-order valence-corrected chi connectivity index (χ2v) is 7.00. The number of methoxy groups -OCH3 is 1. The number of amides is 1. The average Bonchev–Trinajstić information content (AvgIpc) is 2.45. The summed E-state index contributed by atoms with van der Waals surface area (Å²) in [5.74, 6) is 0.503. The van der Waals surface area contributed by atoms with Gasteiger partial charge >= 0.3 is 0 Å². The van der Waals surface area contributed by atoms with Crippen LogP contribution in [-0.4, -0.2) is 35.4 Å². The van der Waals surface area contributed by atoms with Gasteiger partial charge in [0.2, 0.25) is 5.91 Å². The van der Waals surface area contributed by atoms with Crippen LogP contribution in [-0.2, 0) is 9.53 Å². The molecule has 0 aromatic carbocycles. The second kappa shape index (κ2) is 5.74. The first-order chi connectivity index (χ1) is 9.39. The van der Waals surface area contributed by atoms with Crippen molar-refractivity contribution in [1.29, 1.82) is 0 Å². The fraction of sp³-hybridized carbons (Fsp3) is 0.600. The predicted molar refractivity (Wildman–Crippen MR) is 80.7 cm³/mol. The molecule has 5 heteroatoms. The Hall–Kier alpha value is -1.07. The largest absolute Gasteiger partial charge is 0.378 e. The molecule has 1 aromatic heterocycles. The van der Waals surface area contributed by atoms with Gasteiger partial charge in [0.25, 0.3) is 0 Å². The third-order valence-electron chi connectivity index (χ3n) is 4.63. The zero-order valence-electron chi connectivity index (χ0n) is 12.5. The summed E-state index contributed by atoms with van der Waals surface area (Å²) in [6, 6.07) is 4.00. The van der Waals surface area contributed by atoms with Gasteiger partial charge in [-0.3, -0.25) is 9.78 Å². The summed E-state index contributed by atoms with van der Waals surface area (Å²) < 4.78 is 5.57. The molecule has 1 saturated carbocycles. The SMILES string of the molecule is CO[C@@]1(C)C[C@H](NC(=O)CSc2ccncc2)C1(C)C. The first-order valence-corrected chi connectivity index (χ1v) is 7.75. The first kappa shape index (κ1) is 15.3. The van der Waals surface area contributed by atoms with Crippen LogP contribution in [0.15, 0.2) is 29.4 Å². The van der Waals surface area contributed by atoms with Crippen LogP contribution < -0.4 is 5.32 Å². The van der Waals surface area contributed by atoms with E-state index < -0.39 is 0 Å². The van der Waals surface area contributed by atoms with Crippen LogP contribution in [0.3, 0.4) is 0 Å². The lowest BCUT2D eigenvalue weighted by Gasteiger charge is -2.59. The molecule has 0 radical (unpaired) electrons. The minimum atomic E-state index is -0.150. The standard InChI is InChI=1S/C15H22N2O2S/c1-14(2)12(9-15(14,3)19-4)17-13(18)10-20-11-5-7-16-8-6-11/h5-8,12H,9-10H2,1-4H3,(H,17,18)/t12-,15-/m0/s1. The number of nitrogens with zero attached hydrogens (tertiary/aromatic N) is 1. The number of hydrogen-bond acceptors (Lipinski definition) is 4. The van der Waals surface area contributed by atoms with Crippen LogP contribution in [0.2, 0.25) is 0 Å². The van der Waals surface area contributed by atoms with E-state index in [9.17, 15) is 4.79 Å². The third-order valence-corrected chi connectivity index (χ3v) is 5.65. The number of nitrogens with one attached hydrogen (secondary N) is 1. The van der Waals surface area contributed by atoms with E-state index in [1.165, 1.54) is 11.8 Å². The van der Waals surface area contributed by atoms with Crippen molar-refractivity contribution in [2.45, 2.75) is 43.7 Å². The summed E-state index contributed by atoms with van der Waals surface area (Å²) in [5.41, 5.74) is -0.193. The molecule has 20 heavy (non-hydrogen) atoms. The minimum absolute atomic E-state index is 0.0429. The summed E-state index contributed by atoms with van der Waals surface area (Å²) in [6.07, 6.45) is 4.33. The van der Waals surface area contributed by atoms with E-state index in [0.717, 1.165) is 11.3 Å². The van der Waals surface area contributed by atoms with Gasteiger partial charge in [-0.15, -0.1) is 11.8 Å². The van der Waals surface area contributed by atoms with E-state index in [-0.39, 0.29) is 23.0 Å². The molecule has 0 unspecified atom stereocenters. The summed E-state index contributed by atoms with van der Waals surface area (Å²) >= 11 is 1.53. The number of ether oxygens (including phenoxy) is 1. The molecule has 0 saturated heterocycles. The zero-order chi connectivity index (χ0) is 14.8. The highest BCUT2D eigenvalue weighted by Crippen LogP contribution is 2.51. The molecule has 1 N–H and O–H groups in total. The van der Waals surface area contributed by atoms with E-state index >= 15 is 0 Å². The second-order valence-electron chi connectivity index (χ2n) is 5.95. The van der Waals surface area contributed by atoms with Gasteiger partial charge in [0.05, 0.1) is 11.4 Å². The molecule has 110 valence electrons. The molecule has 1 aromatic rings. The molecule has 2 atom stereocenters. The maximum absolute atomic E-state index is 12.0. The summed E-state index contributed by atoms with van der Waals surface area (Å²) in [5, 5.41) is 3.11. The lowest BCUT2D eigenvalue weighted by atomic mass is 9.56. The van der Waals surface area contributed by atoms with Crippen molar-refractivity contribution in [1.82, 2.24) is 10.3 Å². The Morgan fingerprint density at radius 2 is 2.10 bits per heavy atom. The minimum Gasteiger partial charge on any atom is -0.378 e. The molecule has 1 aliphatic rings. The quantitative estimate of drug-likeness (QED) is 0.848.